The molecule has 0 spiro atoms. The Hall–Kier alpha value is -2.83. The van der Waals surface area contributed by atoms with Crippen LogP contribution in [-0.4, -0.2) is 32.9 Å². The number of hydrogen-bond acceptors (Lipinski definition) is 5. The summed E-state index contributed by atoms with van der Waals surface area (Å²) >= 11 is 0. The Bertz CT molecular complexity index is 772. The van der Waals surface area contributed by atoms with E-state index in [4.69, 9.17) is 0 Å². The minimum atomic E-state index is -1.11. The van der Waals surface area contributed by atoms with E-state index in [2.05, 4.69) is 15.3 Å². The average Bonchev–Trinajstić information content (AvgIpc) is 2.46. The number of amides is 2. The number of carboxylic acid groups (broad SMARTS) is 1. The van der Waals surface area contributed by atoms with Gasteiger partial charge in [0.25, 0.3) is 0 Å². The van der Waals surface area contributed by atoms with Crippen molar-refractivity contribution in [3.8, 4) is 0 Å². The summed E-state index contributed by atoms with van der Waals surface area (Å²) in [6, 6.07) is 3.12. The Morgan fingerprint density at radius 3 is 2.86 bits per heavy atom. The number of nitrogens with zero attached hydrogens (tertiary/aromatic N) is 2. The number of carboxylic acids is 1. The molecule has 2 N–H and O–H groups in total. The summed E-state index contributed by atoms with van der Waals surface area (Å²) in [5, 5.41) is 12.0. The van der Waals surface area contributed by atoms with Crippen LogP contribution in [0.15, 0.2) is 24.7 Å². The van der Waals surface area contributed by atoms with Crippen molar-refractivity contribution in [3.05, 3.63) is 35.8 Å². The minimum Gasteiger partial charge on any atom is -0.478 e. The molecule has 2 heterocycles. The van der Waals surface area contributed by atoms with E-state index in [1.807, 2.05) is 0 Å². The predicted molar refractivity (Wildman–Crippen MR) is 71.6 cm³/mol. The van der Waals surface area contributed by atoms with Crippen LogP contribution in [-0.2, 0) is 9.59 Å². The first kappa shape index (κ1) is 13.2. The number of imide groups is 1. The number of piperidine rings is 1. The molecule has 7 heteroatoms. The SMILES string of the molecule is O=C1CCC(c2cc(C(=O)O)c3cncnc3c2)C(=O)N1. The minimum absolute atomic E-state index is 0.0489. The highest BCUT2D eigenvalue weighted by Gasteiger charge is 2.29. The highest BCUT2D eigenvalue weighted by Crippen LogP contribution is 2.29. The third-order valence-electron chi connectivity index (χ3n) is 3.52. The maximum absolute atomic E-state index is 11.9. The van der Waals surface area contributed by atoms with E-state index < -0.39 is 17.8 Å². The zero-order valence-corrected chi connectivity index (χ0v) is 10.9. The quantitative estimate of drug-likeness (QED) is 0.792. The van der Waals surface area contributed by atoms with Crippen molar-refractivity contribution >= 4 is 28.7 Å². The second-order valence-corrected chi connectivity index (χ2v) is 4.83. The van der Waals surface area contributed by atoms with Crippen LogP contribution in [0.3, 0.4) is 0 Å². The molecule has 0 bridgehead atoms. The van der Waals surface area contributed by atoms with E-state index in [-0.39, 0.29) is 17.9 Å². The number of fused-ring (bicyclic) bond motifs is 1. The third-order valence-corrected chi connectivity index (χ3v) is 3.52. The van der Waals surface area contributed by atoms with Crippen LogP contribution >= 0.6 is 0 Å². The molecule has 1 aliphatic rings. The molecule has 1 saturated heterocycles. The molecule has 2 amide bonds. The molecule has 0 aliphatic carbocycles. The summed E-state index contributed by atoms with van der Waals surface area (Å²) in [4.78, 5) is 42.3. The summed E-state index contributed by atoms with van der Waals surface area (Å²) in [7, 11) is 0. The first-order valence-corrected chi connectivity index (χ1v) is 6.37. The molecule has 1 aromatic heterocycles. The van der Waals surface area contributed by atoms with E-state index >= 15 is 0 Å². The first-order chi connectivity index (χ1) is 10.1. The van der Waals surface area contributed by atoms with Gasteiger partial charge in [-0.15, -0.1) is 0 Å². The summed E-state index contributed by atoms with van der Waals surface area (Å²) in [5.74, 6) is -2.36. The molecule has 0 saturated carbocycles. The van der Waals surface area contributed by atoms with Crippen LogP contribution in [0.4, 0.5) is 0 Å². The summed E-state index contributed by atoms with van der Waals surface area (Å²) in [6.07, 6.45) is 3.35. The lowest BCUT2D eigenvalue weighted by Gasteiger charge is -2.21. The van der Waals surface area contributed by atoms with Gasteiger partial charge in [0, 0.05) is 18.0 Å². The molecule has 21 heavy (non-hydrogen) atoms. The zero-order chi connectivity index (χ0) is 15.0. The molecule has 1 unspecified atom stereocenters. The highest BCUT2D eigenvalue weighted by molar-refractivity contribution is 6.04. The second-order valence-electron chi connectivity index (χ2n) is 4.83. The fraction of sp³-hybridized carbons (Fsp3) is 0.214. The Morgan fingerprint density at radius 1 is 1.33 bits per heavy atom. The summed E-state index contributed by atoms with van der Waals surface area (Å²) < 4.78 is 0. The highest BCUT2D eigenvalue weighted by atomic mass is 16.4. The fourth-order valence-corrected chi connectivity index (χ4v) is 2.50. The number of aromatic nitrogens is 2. The van der Waals surface area contributed by atoms with Crippen LogP contribution in [0, 0.1) is 0 Å². The van der Waals surface area contributed by atoms with Crippen molar-refractivity contribution in [1.29, 1.82) is 0 Å². The fourth-order valence-electron chi connectivity index (χ4n) is 2.50. The van der Waals surface area contributed by atoms with Crippen molar-refractivity contribution in [2.24, 2.45) is 0 Å². The van der Waals surface area contributed by atoms with Gasteiger partial charge in [0.2, 0.25) is 11.8 Å². The van der Waals surface area contributed by atoms with Gasteiger partial charge in [-0.05, 0) is 24.1 Å². The van der Waals surface area contributed by atoms with Crippen molar-refractivity contribution in [2.45, 2.75) is 18.8 Å². The van der Waals surface area contributed by atoms with Gasteiger partial charge in [-0.1, -0.05) is 0 Å². The van der Waals surface area contributed by atoms with Crippen LogP contribution in [0.1, 0.15) is 34.7 Å². The van der Waals surface area contributed by atoms with Gasteiger partial charge < -0.3 is 5.11 Å². The maximum atomic E-state index is 11.9. The normalized spacial score (nSPS) is 18.6. The molecule has 3 rings (SSSR count). The number of carbonyl (C=O) groups is 3. The third kappa shape index (κ3) is 2.33. The molecular weight excluding hydrogens is 274 g/mol. The maximum Gasteiger partial charge on any atom is 0.336 e. The molecule has 1 aromatic carbocycles. The molecule has 1 aliphatic heterocycles. The van der Waals surface area contributed by atoms with Crippen molar-refractivity contribution in [3.63, 3.8) is 0 Å². The van der Waals surface area contributed by atoms with E-state index in [0.717, 1.165) is 0 Å². The number of nitrogens with one attached hydrogen (secondary N) is 1. The van der Waals surface area contributed by atoms with Crippen molar-refractivity contribution < 1.29 is 19.5 Å². The lowest BCUT2D eigenvalue weighted by molar-refractivity contribution is -0.134. The van der Waals surface area contributed by atoms with Gasteiger partial charge in [0.1, 0.15) is 6.33 Å². The summed E-state index contributed by atoms with van der Waals surface area (Å²) in [5.41, 5.74) is 1.06. The van der Waals surface area contributed by atoms with Crippen LogP contribution in [0.5, 0.6) is 0 Å². The zero-order valence-electron chi connectivity index (χ0n) is 10.9. The molecule has 2 aromatic rings. The Balaban J connectivity index is 2.13. The number of benzene rings is 1. The van der Waals surface area contributed by atoms with Gasteiger partial charge >= 0.3 is 5.97 Å². The predicted octanol–water partition coefficient (Wildman–Crippen LogP) is 0.848. The smallest absolute Gasteiger partial charge is 0.336 e. The average molecular weight is 285 g/mol. The largest absolute Gasteiger partial charge is 0.478 e. The van der Waals surface area contributed by atoms with Crippen LogP contribution in [0.25, 0.3) is 10.9 Å². The molecule has 1 atom stereocenters. The molecule has 7 nitrogen and oxygen atoms in total. The van der Waals surface area contributed by atoms with Crippen LogP contribution < -0.4 is 5.32 Å². The first-order valence-electron chi connectivity index (χ1n) is 6.37. The van der Waals surface area contributed by atoms with E-state index in [1.54, 1.807) is 6.07 Å². The molecular formula is C14H11N3O4. The lowest BCUT2D eigenvalue weighted by Crippen LogP contribution is -2.39. The summed E-state index contributed by atoms with van der Waals surface area (Å²) in [6.45, 7) is 0. The van der Waals surface area contributed by atoms with Gasteiger partial charge in [-0.2, -0.15) is 0 Å². The van der Waals surface area contributed by atoms with Gasteiger partial charge in [0.05, 0.1) is 17.0 Å². The molecule has 0 radical (unpaired) electrons. The topological polar surface area (TPSA) is 109 Å². The van der Waals surface area contributed by atoms with Gasteiger partial charge in [-0.25, -0.2) is 14.8 Å². The van der Waals surface area contributed by atoms with Crippen molar-refractivity contribution in [2.75, 3.05) is 0 Å². The Morgan fingerprint density at radius 2 is 2.14 bits per heavy atom. The monoisotopic (exact) mass is 285 g/mol. The second kappa shape index (κ2) is 4.93. The Labute approximate surface area is 119 Å². The van der Waals surface area contributed by atoms with E-state index in [9.17, 15) is 19.5 Å². The van der Waals surface area contributed by atoms with E-state index in [0.29, 0.717) is 22.9 Å². The Kier molecular flexibility index (Phi) is 3.09. The van der Waals surface area contributed by atoms with Crippen molar-refractivity contribution in [1.82, 2.24) is 15.3 Å². The lowest BCUT2D eigenvalue weighted by atomic mass is 9.88. The number of aromatic carboxylic acids is 1. The standard InChI is InChI=1S/C14H11N3O4/c18-12-2-1-8(13(19)17-12)7-3-9(14(20)21)10-5-15-6-16-11(10)4-7/h3-6,8H,1-2H2,(H,20,21)(H,17,18,19). The molecule has 1 fully saturated rings. The van der Waals surface area contributed by atoms with Gasteiger partial charge in [-0.3, -0.25) is 14.9 Å². The van der Waals surface area contributed by atoms with E-state index in [1.165, 1.54) is 18.6 Å². The van der Waals surface area contributed by atoms with Gasteiger partial charge in [0.15, 0.2) is 0 Å². The molecule has 106 valence electrons. The number of hydrogen-bond donors (Lipinski definition) is 2. The van der Waals surface area contributed by atoms with Crippen LogP contribution in [0.2, 0.25) is 0 Å². The number of carbonyl (C=O) groups excluding carboxylic acids is 2. The number of rotatable bonds is 2.